The summed E-state index contributed by atoms with van der Waals surface area (Å²) in [5.74, 6) is 0.173. The van der Waals surface area contributed by atoms with Gasteiger partial charge in [0.05, 0.1) is 0 Å². The van der Waals surface area contributed by atoms with Gasteiger partial charge in [-0.2, -0.15) is 0 Å². The lowest BCUT2D eigenvalue weighted by Gasteiger charge is -2.19. The predicted molar refractivity (Wildman–Crippen MR) is 102 cm³/mol. The summed E-state index contributed by atoms with van der Waals surface area (Å²) < 4.78 is 0.131. The third-order valence-corrected chi connectivity index (χ3v) is 4.55. The van der Waals surface area contributed by atoms with Gasteiger partial charge in [0.1, 0.15) is 0 Å². The van der Waals surface area contributed by atoms with Crippen molar-refractivity contribution in [3.63, 3.8) is 0 Å². The summed E-state index contributed by atoms with van der Waals surface area (Å²) in [5, 5.41) is 0. The van der Waals surface area contributed by atoms with Crippen molar-refractivity contribution in [3.05, 3.63) is 65.7 Å². The smallest absolute Gasteiger partial charge is 0.163 e. The van der Waals surface area contributed by atoms with Crippen LogP contribution >= 0.6 is 11.8 Å². The van der Waals surface area contributed by atoms with Crippen LogP contribution < -0.4 is 0 Å². The van der Waals surface area contributed by atoms with Gasteiger partial charge in [0.2, 0.25) is 0 Å². The van der Waals surface area contributed by atoms with E-state index in [0.717, 1.165) is 16.7 Å². The molecule has 0 amide bonds. The maximum absolute atomic E-state index is 12.4. The van der Waals surface area contributed by atoms with Crippen LogP contribution in [0.1, 0.15) is 45.2 Å². The minimum atomic E-state index is 0.131. The zero-order chi connectivity index (χ0) is 16.9. The molecule has 0 aromatic heterocycles. The van der Waals surface area contributed by atoms with Gasteiger partial charge >= 0.3 is 0 Å². The van der Waals surface area contributed by atoms with E-state index in [4.69, 9.17) is 0 Å². The van der Waals surface area contributed by atoms with Crippen molar-refractivity contribution in [1.29, 1.82) is 0 Å². The van der Waals surface area contributed by atoms with Crippen molar-refractivity contribution in [2.75, 3.05) is 0 Å². The number of carbonyl (C=O) groups excluding carboxylic acids is 1. The number of ketones is 1. The third-order valence-electron chi connectivity index (χ3n) is 3.34. The molecule has 0 aliphatic rings. The van der Waals surface area contributed by atoms with Crippen LogP contribution in [0.4, 0.5) is 0 Å². The molecule has 23 heavy (non-hydrogen) atoms. The number of hydrogen-bond acceptors (Lipinski definition) is 2. The van der Waals surface area contributed by atoms with Gasteiger partial charge in [-0.1, -0.05) is 76.2 Å². The average molecular weight is 324 g/mol. The Labute approximate surface area is 143 Å². The first-order valence-corrected chi connectivity index (χ1v) is 8.80. The summed E-state index contributed by atoms with van der Waals surface area (Å²) in [6.45, 7) is 8.52. The maximum Gasteiger partial charge on any atom is 0.163 e. The van der Waals surface area contributed by atoms with E-state index in [2.05, 4.69) is 39.0 Å². The lowest BCUT2D eigenvalue weighted by molar-refractivity contribution is -0.113. The summed E-state index contributed by atoms with van der Waals surface area (Å²) in [5.41, 5.74) is 2.87. The van der Waals surface area contributed by atoms with Crippen molar-refractivity contribution >= 4 is 29.2 Å². The first kappa shape index (κ1) is 17.6. The highest BCUT2D eigenvalue weighted by Gasteiger charge is 2.15. The Morgan fingerprint density at radius 3 is 2.22 bits per heavy atom. The van der Waals surface area contributed by atoms with E-state index in [9.17, 15) is 4.79 Å². The summed E-state index contributed by atoms with van der Waals surface area (Å²) in [4.78, 5) is 13.6. The predicted octanol–water partition coefficient (Wildman–Crippen LogP) is 6.10. The lowest BCUT2D eigenvalue weighted by Crippen LogP contribution is -2.07. The van der Waals surface area contributed by atoms with Crippen LogP contribution in [0.3, 0.4) is 0 Å². The van der Waals surface area contributed by atoms with Gasteiger partial charge in [-0.15, -0.1) is 11.8 Å². The highest BCUT2D eigenvalue weighted by atomic mass is 32.2. The Morgan fingerprint density at radius 1 is 1.00 bits per heavy atom. The molecule has 0 saturated heterocycles. The van der Waals surface area contributed by atoms with Gasteiger partial charge in [0.25, 0.3) is 0 Å². The molecule has 0 unspecified atom stereocenters. The molecule has 0 atom stereocenters. The highest BCUT2D eigenvalue weighted by molar-refractivity contribution is 8.00. The largest absolute Gasteiger partial charge is 0.294 e. The molecule has 0 radical (unpaired) electrons. The quantitative estimate of drug-likeness (QED) is 0.376. The van der Waals surface area contributed by atoms with Crippen LogP contribution in [0, 0.1) is 0 Å². The number of hydrogen-bond donors (Lipinski definition) is 0. The molecule has 0 aliphatic heterocycles. The van der Waals surface area contributed by atoms with Crippen LogP contribution in [0.5, 0.6) is 0 Å². The molecule has 0 fully saturated rings. The Morgan fingerprint density at radius 2 is 1.61 bits per heavy atom. The highest BCUT2D eigenvalue weighted by Crippen LogP contribution is 2.35. The molecule has 120 valence electrons. The molecular weight excluding hydrogens is 300 g/mol. The molecule has 2 aromatic rings. The van der Waals surface area contributed by atoms with Crippen molar-refractivity contribution in [2.45, 2.75) is 43.8 Å². The Kier molecular flexibility index (Phi) is 5.84. The molecule has 0 bridgehead atoms. The van der Waals surface area contributed by atoms with Crippen LogP contribution in [0.2, 0.25) is 0 Å². The maximum atomic E-state index is 12.4. The first-order chi connectivity index (χ1) is 10.9. The Hall–Kier alpha value is -1.80. The van der Waals surface area contributed by atoms with Gasteiger partial charge < -0.3 is 0 Å². The first-order valence-electron chi connectivity index (χ1n) is 7.99. The molecule has 0 N–H and O–H groups in total. The molecule has 1 nitrogen and oxygen atoms in total. The third kappa shape index (κ3) is 5.11. The van der Waals surface area contributed by atoms with Crippen LogP contribution in [-0.2, 0) is 4.79 Å². The summed E-state index contributed by atoms with van der Waals surface area (Å²) in [7, 11) is 0. The molecule has 2 rings (SSSR count). The topological polar surface area (TPSA) is 17.1 Å². The fourth-order valence-electron chi connectivity index (χ4n) is 2.31. The molecule has 0 heterocycles. The zero-order valence-corrected chi connectivity index (χ0v) is 15.1. The molecule has 0 aliphatic carbocycles. The zero-order valence-electron chi connectivity index (χ0n) is 14.3. The molecule has 0 saturated carbocycles. The van der Waals surface area contributed by atoms with E-state index in [1.807, 2.05) is 61.2 Å². The molecule has 2 aromatic carbocycles. The van der Waals surface area contributed by atoms with Crippen molar-refractivity contribution < 1.29 is 4.79 Å². The van der Waals surface area contributed by atoms with Crippen LogP contribution in [-0.4, -0.2) is 10.5 Å². The number of carbonyl (C=O) groups is 1. The van der Waals surface area contributed by atoms with Crippen molar-refractivity contribution in [2.24, 2.45) is 0 Å². The second kappa shape index (κ2) is 7.65. The van der Waals surface area contributed by atoms with Crippen LogP contribution in [0.25, 0.3) is 11.6 Å². The second-order valence-electron chi connectivity index (χ2n) is 6.45. The SMILES string of the molecule is CCC(=O)/C(=C/c1ccccc1SC(C)(C)C)c1ccccc1. The fraction of sp³-hybridized carbons (Fsp3) is 0.286. The summed E-state index contributed by atoms with van der Waals surface area (Å²) >= 11 is 1.83. The average Bonchev–Trinajstić information content (AvgIpc) is 2.52. The lowest BCUT2D eigenvalue weighted by atomic mass is 9.98. The standard InChI is InChI=1S/C21H24OS/c1-5-19(22)18(16-11-7-6-8-12-16)15-17-13-9-10-14-20(17)23-21(2,3)4/h6-15H,5H2,1-4H3/b18-15+. The van der Waals surface area contributed by atoms with E-state index in [1.54, 1.807) is 0 Å². The Bertz CT molecular complexity index is 693. The molecular formula is C21H24OS. The second-order valence-corrected chi connectivity index (χ2v) is 8.32. The number of rotatable bonds is 5. The van der Waals surface area contributed by atoms with Gasteiger partial charge in [-0.3, -0.25) is 4.79 Å². The molecule has 2 heteroatoms. The number of Topliss-reactive ketones (excluding diaryl/α,β-unsaturated/α-hetero) is 1. The fourth-order valence-corrected chi connectivity index (χ4v) is 3.36. The number of allylic oxidation sites excluding steroid dienone is 1. The van der Waals surface area contributed by atoms with E-state index >= 15 is 0 Å². The number of benzene rings is 2. The van der Waals surface area contributed by atoms with E-state index < -0.39 is 0 Å². The van der Waals surface area contributed by atoms with Gasteiger partial charge in [-0.25, -0.2) is 0 Å². The van der Waals surface area contributed by atoms with Gasteiger partial charge in [0.15, 0.2) is 5.78 Å². The summed E-state index contributed by atoms with van der Waals surface area (Å²) in [6, 6.07) is 18.2. The van der Waals surface area contributed by atoms with E-state index in [-0.39, 0.29) is 10.5 Å². The normalized spacial score (nSPS) is 12.3. The van der Waals surface area contributed by atoms with Gasteiger partial charge in [-0.05, 0) is 23.3 Å². The minimum absolute atomic E-state index is 0.131. The minimum Gasteiger partial charge on any atom is -0.294 e. The molecule has 0 spiro atoms. The van der Waals surface area contributed by atoms with E-state index in [0.29, 0.717) is 6.42 Å². The summed E-state index contributed by atoms with van der Waals surface area (Å²) in [6.07, 6.45) is 2.55. The van der Waals surface area contributed by atoms with E-state index in [1.165, 1.54) is 4.90 Å². The number of thioether (sulfide) groups is 1. The van der Waals surface area contributed by atoms with Gasteiger partial charge in [0, 0.05) is 21.6 Å². The van der Waals surface area contributed by atoms with Crippen molar-refractivity contribution in [3.8, 4) is 0 Å². The monoisotopic (exact) mass is 324 g/mol. The Balaban J connectivity index is 2.50. The van der Waals surface area contributed by atoms with Crippen LogP contribution in [0.15, 0.2) is 59.5 Å². The van der Waals surface area contributed by atoms with Crippen molar-refractivity contribution in [1.82, 2.24) is 0 Å².